The summed E-state index contributed by atoms with van der Waals surface area (Å²) in [6.07, 6.45) is -17.0. The maximum absolute atomic E-state index is 12.7. The van der Waals surface area contributed by atoms with Crippen LogP contribution in [0.1, 0.15) is 16.7 Å². The van der Waals surface area contributed by atoms with Crippen LogP contribution in [0.5, 0.6) is 0 Å². The van der Waals surface area contributed by atoms with E-state index < -0.39 is 57.9 Å². The summed E-state index contributed by atoms with van der Waals surface area (Å²) < 4.78 is 112. The van der Waals surface area contributed by atoms with Gasteiger partial charge in [-0.25, -0.2) is 0 Å². The second kappa shape index (κ2) is 6.19. The van der Waals surface area contributed by atoms with Gasteiger partial charge in [0.15, 0.2) is 0 Å². The predicted molar refractivity (Wildman–Crippen MR) is 63.1 cm³/mol. The fraction of sp³-hybridized carbons (Fsp3) is 0.250. The molecule has 0 spiro atoms. The Balaban J connectivity index is 3.58. The molecule has 0 unspecified atom stereocenters. The van der Waals surface area contributed by atoms with Gasteiger partial charge in [0, 0.05) is 11.6 Å². The Morgan fingerprint density at radius 3 is 1.83 bits per heavy atom. The fourth-order valence-electron chi connectivity index (χ4n) is 1.56. The Kier molecular flexibility index (Phi) is 5.19. The third-order valence-electron chi connectivity index (χ3n) is 2.52. The maximum atomic E-state index is 12.7. The number of rotatable bonds is 2. The lowest BCUT2D eigenvalue weighted by atomic mass is 10.0. The fourth-order valence-corrected chi connectivity index (χ4v) is 1.88. The molecule has 1 aromatic carbocycles. The zero-order valence-electron chi connectivity index (χ0n) is 10.9. The van der Waals surface area contributed by atoms with Gasteiger partial charge in [0.2, 0.25) is 0 Å². The molecule has 0 saturated carbocycles. The molecule has 12 heteroatoms. The van der Waals surface area contributed by atoms with Crippen molar-refractivity contribution in [3.63, 3.8) is 0 Å². The average molecular weight is 387 g/mol. The molecule has 0 aliphatic rings. The number of carbonyl (C=O) groups is 1. The van der Waals surface area contributed by atoms with Crippen LogP contribution in [0.3, 0.4) is 0 Å². The Hall–Kier alpha value is -1.91. The van der Waals surface area contributed by atoms with Crippen molar-refractivity contribution in [2.45, 2.75) is 18.5 Å². The number of aliphatic hydroxyl groups excluding tert-OH is 1. The van der Waals surface area contributed by atoms with Crippen molar-refractivity contribution in [2.24, 2.45) is 0 Å². The third-order valence-corrected chi connectivity index (χ3v) is 2.82. The van der Waals surface area contributed by atoms with Crippen LogP contribution in [0.2, 0.25) is 5.02 Å². The van der Waals surface area contributed by atoms with E-state index in [0.29, 0.717) is 0 Å². The van der Waals surface area contributed by atoms with Crippen molar-refractivity contribution in [1.82, 2.24) is 0 Å². The molecule has 0 aromatic heterocycles. The van der Waals surface area contributed by atoms with Crippen LogP contribution in [0, 0.1) is 0 Å². The average Bonchev–Trinajstić information content (AvgIpc) is 2.33. The minimum absolute atomic E-state index is 0.162. The van der Waals surface area contributed by atoms with Gasteiger partial charge in [-0.05, 0) is 12.1 Å². The predicted octanol–water partition coefficient (Wildman–Crippen LogP) is 5.41. The van der Waals surface area contributed by atoms with Crippen LogP contribution in [0.25, 0.3) is 5.76 Å². The second-order valence-electron chi connectivity index (χ2n) is 4.27. The van der Waals surface area contributed by atoms with Crippen molar-refractivity contribution >= 4 is 23.1 Å². The van der Waals surface area contributed by atoms with Gasteiger partial charge in [0.1, 0.15) is 5.76 Å². The highest BCUT2D eigenvalue weighted by molar-refractivity contribution is 6.31. The number of alkyl halides is 9. The van der Waals surface area contributed by atoms with Gasteiger partial charge in [0.05, 0.1) is 16.1 Å². The molecule has 1 rings (SSSR count). The molecule has 0 saturated heterocycles. The summed E-state index contributed by atoms with van der Waals surface area (Å²) in [5.74, 6) is -4.25. The number of benzene rings is 1. The lowest BCUT2D eigenvalue weighted by Crippen LogP contribution is -2.20. The molecular formula is C12H4ClF9O2. The summed E-state index contributed by atoms with van der Waals surface area (Å²) in [7, 11) is 0. The summed E-state index contributed by atoms with van der Waals surface area (Å²) >= 11 is 5.13. The molecule has 0 aliphatic heterocycles. The van der Waals surface area contributed by atoms with Crippen molar-refractivity contribution in [3.05, 3.63) is 39.9 Å². The third kappa shape index (κ3) is 4.56. The molecule has 0 fully saturated rings. The molecule has 1 aromatic rings. The van der Waals surface area contributed by atoms with Gasteiger partial charge in [-0.15, -0.1) is 0 Å². The van der Waals surface area contributed by atoms with E-state index in [0.717, 1.165) is 0 Å². The SMILES string of the molecule is O=C(/C=C(\O)c1cc(Cl)c(C(F)(F)F)c(C(F)(F)F)c1)C(F)(F)F. The van der Waals surface area contributed by atoms with Crippen LogP contribution >= 0.6 is 11.6 Å². The molecule has 0 aliphatic carbocycles. The first-order chi connectivity index (χ1) is 10.5. The molecule has 0 amide bonds. The largest absolute Gasteiger partial charge is 0.507 e. The van der Waals surface area contributed by atoms with Crippen molar-refractivity contribution in [1.29, 1.82) is 0 Å². The van der Waals surface area contributed by atoms with E-state index in [4.69, 9.17) is 11.6 Å². The topological polar surface area (TPSA) is 37.3 Å². The van der Waals surface area contributed by atoms with Gasteiger partial charge < -0.3 is 5.11 Å². The highest BCUT2D eigenvalue weighted by Gasteiger charge is 2.45. The van der Waals surface area contributed by atoms with E-state index in [2.05, 4.69) is 0 Å². The second-order valence-corrected chi connectivity index (χ2v) is 4.67. The van der Waals surface area contributed by atoms with Gasteiger partial charge in [-0.2, -0.15) is 39.5 Å². The van der Waals surface area contributed by atoms with E-state index in [1.54, 1.807) is 0 Å². The number of carbonyl (C=O) groups excluding carboxylic acids is 1. The zero-order valence-corrected chi connectivity index (χ0v) is 11.6. The molecule has 0 bridgehead atoms. The van der Waals surface area contributed by atoms with E-state index in [-0.39, 0.29) is 12.1 Å². The van der Waals surface area contributed by atoms with Gasteiger partial charge in [0.25, 0.3) is 5.78 Å². The number of ketones is 1. The van der Waals surface area contributed by atoms with E-state index >= 15 is 0 Å². The summed E-state index contributed by atoms with van der Waals surface area (Å²) in [4.78, 5) is 10.6. The summed E-state index contributed by atoms with van der Waals surface area (Å²) in [6, 6.07) is -0.0979. The Bertz CT molecular complexity index is 683. The van der Waals surface area contributed by atoms with Crippen molar-refractivity contribution in [3.8, 4) is 0 Å². The summed E-state index contributed by atoms with van der Waals surface area (Å²) in [5, 5.41) is 7.79. The molecule has 1 N–H and O–H groups in total. The minimum atomic E-state index is -5.57. The molecule has 24 heavy (non-hydrogen) atoms. The molecule has 2 nitrogen and oxygen atoms in total. The molecule has 0 atom stereocenters. The van der Waals surface area contributed by atoms with Crippen LogP contribution in [0.15, 0.2) is 18.2 Å². The maximum Gasteiger partial charge on any atom is 0.454 e. The molecular weight excluding hydrogens is 383 g/mol. The monoisotopic (exact) mass is 386 g/mol. The van der Waals surface area contributed by atoms with Gasteiger partial charge in [-0.3, -0.25) is 4.79 Å². The summed E-state index contributed by atoms with van der Waals surface area (Å²) in [6.45, 7) is 0. The van der Waals surface area contributed by atoms with Gasteiger partial charge >= 0.3 is 18.5 Å². The Morgan fingerprint density at radius 1 is 0.958 bits per heavy atom. The van der Waals surface area contributed by atoms with Gasteiger partial charge in [-0.1, -0.05) is 11.6 Å². The first-order valence-electron chi connectivity index (χ1n) is 5.55. The van der Waals surface area contributed by atoms with Crippen LogP contribution in [0.4, 0.5) is 39.5 Å². The van der Waals surface area contributed by atoms with E-state index in [1.165, 1.54) is 0 Å². The standard InChI is InChI=1S/C12H4ClF9O2/c13-6-2-4(7(23)3-8(24)11(17,18)19)1-5(10(14,15)16)9(6)12(20,21)22/h1-3,23H/b7-3-. The number of allylic oxidation sites excluding steroid dienone is 1. The van der Waals surface area contributed by atoms with Crippen LogP contribution < -0.4 is 0 Å². The van der Waals surface area contributed by atoms with Crippen molar-refractivity contribution < 1.29 is 49.4 Å². The summed E-state index contributed by atoms with van der Waals surface area (Å²) in [5.41, 5.74) is -5.73. The van der Waals surface area contributed by atoms with Crippen LogP contribution in [-0.4, -0.2) is 17.1 Å². The van der Waals surface area contributed by atoms with E-state index in [9.17, 15) is 49.4 Å². The Labute approximate surface area is 132 Å². The molecule has 0 heterocycles. The smallest absolute Gasteiger partial charge is 0.454 e. The van der Waals surface area contributed by atoms with Crippen LogP contribution in [-0.2, 0) is 17.1 Å². The first-order valence-corrected chi connectivity index (χ1v) is 5.93. The highest BCUT2D eigenvalue weighted by atomic mass is 35.5. The lowest BCUT2D eigenvalue weighted by Gasteiger charge is -2.18. The van der Waals surface area contributed by atoms with E-state index in [1.807, 2.05) is 0 Å². The number of hydrogen-bond donors (Lipinski definition) is 1. The number of halogens is 10. The highest BCUT2D eigenvalue weighted by Crippen LogP contribution is 2.44. The quantitative estimate of drug-likeness (QED) is 0.419. The Morgan fingerprint density at radius 2 is 1.46 bits per heavy atom. The number of aliphatic hydroxyl groups is 1. The normalized spacial score (nSPS) is 14.0. The van der Waals surface area contributed by atoms with Crippen molar-refractivity contribution in [2.75, 3.05) is 0 Å². The molecule has 134 valence electrons. The number of hydrogen-bond acceptors (Lipinski definition) is 2. The molecule has 0 radical (unpaired) electrons. The first kappa shape index (κ1) is 20.1. The lowest BCUT2D eigenvalue weighted by molar-refractivity contribution is -0.165. The zero-order chi connectivity index (χ0) is 19.1. The minimum Gasteiger partial charge on any atom is -0.507 e.